The maximum absolute atomic E-state index is 12.9. The van der Waals surface area contributed by atoms with Crippen molar-refractivity contribution < 1.29 is 9.31 Å². The number of halogens is 1. The van der Waals surface area contributed by atoms with E-state index in [-0.39, 0.29) is 16.9 Å². The quantitative estimate of drug-likeness (QED) is 0.390. The number of nitrogens with two attached hydrogens (primary N) is 2. The molecule has 0 saturated heterocycles. The number of benzene rings is 1. The fourth-order valence-corrected chi connectivity index (χ4v) is 0.926. The molecule has 0 aliphatic heterocycles. The van der Waals surface area contributed by atoms with Gasteiger partial charge in [0, 0.05) is 5.56 Å². The van der Waals surface area contributed by atoms with Gasteiger partial charge in [0.1, 0.15) is 11.5 Å². The molecule has 1 aromatic carbocycles. The van der Waals surface area contributed by atoms with E-state index in [1.165, 1.54) is 6.92 Å². The fourth-order valence-electron chi connectivity index (χ4n) is 0.926. The second kappa shape index (κ2) is 2.89. The van der Waals surface area contributed by atoms with Gasteiger partial charge in [-0.25, -0.2) is 4.39 Å². The van der Waals surface area contributed by atoms with Crippen molar-refractivity contribution in [2.24, 2.45) is 0 Å². The van der Waals surface area contributed by atoms with Gasteiger partial charge in [0.15, 0.2) is 0 Å². The summed E-state index contributed by atoms with van der Waals surface area (Å²) in [6, 6.07) is 0.765. The van der Waals surface area contributed by atoms with E-state index in [1.54, 1.807) is 0 Å². The van der Waals surface area contributed by atoms with E-state index in [2.05, 4.69) is 0 Å². The zero-order chi connectivity index (χ0) is 10.2. The van der Waals surface area contributed by atoms with E-state index in [9.17, 15) is 14.5 Å². The van der Waals surface area contributed by atoms with Crippen molar-refractivity contribution in [3.63, 3.8) is 0 Å². The lowest BCUT2D eigenvalue weighted by Gasteiger charge is -2.05. The lowest BCUT2D eigenvalue weighted by molar-refractivity contribution is -0.384. The molecule has 5 nitrogen and oxygen atoms in total. The van der Waals surface area contributed by atoms with Crippen molar-refractivity contribution >= 4 is 17.1 Å². The molecule has 6 heteroatoms. The van der Waals surface area contributed by atoms with Crippen molar-refractivity contribution in [2.75, 3.05) is 11.5 Å². The van der Waals surface area contributed by atoms with Crippen LogP contribution in [0.3, 0.4) is 0 Å². The Labute approximate surface area is 73.3 Å². The molecule has 0 spiro atoms. The van der Waals surface area contributed by atoms with Crippen molar-refractivity contribution in [1.82, 2.24) is 0 Å². The van der Waals surface area contributed by atoms with Crippen LogP contribution in [0, 0.1) is 22.9 Å². The molecule has 4 N–H and O–H groups in total. The van der Waals surface area contributed by atoms with Crippen LogP contribution in [0.5, 0.6) is 0 Å². The molecule has 0 atom stereocenters. The molecule has 70 valence electrons. The van der Waals surface area contributed by atoms with Crippen LogP contribution in [0.2, 0.25) is 0 Å². The molecule has 0 saturated carbocycles. The first-order chi connectivity index (χ1) is 5.95. The summed E-state index contributed by atoms with van der Waals surface area (Å²) < 4.78 is 12.9. The summed E-state index contributed by atoms with van der Waals surface area (Å²) in [6.45, 7) is 1.41. The first kappa shape index (κ1) is 9.24. The smallest absolute Gasteiger partial charge is 0.297 e. The van der Waals surface area contributed by atoms with Crippen molar-refractivity contribution in [3.05, 3.63) is 27.6 Å². The number of nitro groups is 1. The number of hydrogen-bond acceptors (Lipinski definition) is 4. The SMILES string of the molecule is Cc1c(F)cc([N+](=O)[O-])c(N)c1N. The van der Waals surface area contributed by atoms with Crippen LogP contribution in [0.25, 0.3) is 0 Å². The lowest BCUT2D eigenvalue weighted by atomic mass is 10.1. The van der Waals surface area contributed by atoms with Gasteiger partial charge in [-0.2, -0.15) is 0 Å². The topological polar surface area (TPSA) is 95.2 Å². The summed E-state index contributed by atoms with van der Waals surface area (Å²) in [6.07, 6.45) is 0. The average molecular weight is 185 g/mol. The van der Waals surface area contributed by atoms with E-state index < -0.39 is 16.4 Å². The van der Waals surface area contributed by atoms with Gasteiger partial charge in [-0.15, -0.1) is 0 Å². The second-order valence-electron chi connectivity index (χ2n) is 2.59. The highest BCUT2D eigenvalue weighted by Gasteiger charge is 2.18. The van der Waals surface area contributed by atoms with Crippen LogP contribution in [-0.4, -0.2) is 4.92 Å². The lowest BCUT2D eigenvalue weighted by Crippen LogP contribution is -2.04. The molecule has 0 bridgehead atoms. The van der Waals surface area contributed by atoms with Crippen molar-refractivity contribution in [2.45, 2.75) is 6.92 Å². The Balaban J connectivity index is 3.50. The molecule has 0 radical (unpaired) electrons. The van der Waals surface area contributed by atoms with E-state index in [0.717, 1.165) is 6.07 Å². The van der Waals surface area contributed by atoms with E-state index in [1.807, 2.05) is 0 Å². The minimum Gasteiger partial charge on any atom is -0.397 e. The molecule has 0 heterocycles. The molecule has 0 unspecified atom stereocenters. The van der Waals surface area contributed by atoms with Gasteiger partial charge in [0.05, 0.1) is 16.7 Å². The predicted molar refractivity (Wildman–Crippen MR) is 46.6 cm³/mol. The predicted octanol–water partition coefficient (Wildman–Crippen LogP) is 1.21. The second-order valence-corrected chi connectivity index (χ2v) is 2.59. The summed E-state index contributed by atoms with van der Waals surface area (Å²) in [5.74, 6) is -0.724. The van der Waals surface area contributed by atoms with Gasteiger partial charge in [0.2, 0.25) is 0 Å². The van der Waals surface area contributed by atoms with Crippen LogP contribution >= 0.6 is 0 Å². The Bertz CT molecular complexity index is 378. The zero-order valence-corrected chi connectivity index (χ0v) is 6.87. The minimum absolute atomic E-state index is 0.0771. The van der Waals surface area contributed by atoms with Gasteiger partial charge in [0.25, 0.3) is 5.69 Å². The van der Waals surface area contributed by atoms with Crippen LogP contribution in [-0.2, 0) is 0 Å². The Kier molecular flexibility index (Phi) is 2.05. The normalized spacial score (nSPS) is 10.0. The number of rotatable bonds is 1. The first-order valence-corrected chi connectivity index (χ1v) is 3.43. The van der Waals surface area contributed by atoms with Crippen LogP contribution in [0.4, 0.5) is 21.5 Å². The number of hydrogen-bond donors (Lipinski definition) is 2. The van der Waals surface area contributed by atoms with Crippen molar-refractivity contribution in [1.29, 1.82) is 0 Å². The van der Waals surface area contributed by atoms with Crippen LogP contribution in [0.15, 0.2) is 6.07 Å². The van der Waals surface area contributed by atoms with Gasteiger partial charge >= 0.3 is 0 Å². The number of anilines is 2. The highest BCUT2D eigenvalue weighted by atomic mass is 19.1. The third-order valence-corrected chi connectivity index (χ3v) is 1.79. The van der Waals surface area contributed by atoms with Crippen molar-refractivity contribution in [3.8, 4) is 0 Å². The molecule has 13 heavy (non-hydrogen) atoms. The van der Waals surface area contributed by atoms with E-state index in [0.29, 0.717) is 0 Å². The highest BCUT2D eigenvalue weighted by Crippen LogP contribution is 2.31. The molecule has 0 amide bonds. The summed E-state index contributed by atoms with van der Waals surface area (Å²) in [7, 11) is 0. The third-order valence-electron chi connectivity index (χ3n) is 1.79. The average Bonchev–Trinajstić information content (AvgIpc) is 2.07. The van der Waals surface area contributed by atoms with Crippen LogP contribution < -0.4 is 11.5 Å². The molecule has 0 fully saturated rings. The molecule has 0 aliphatic rings. The Morgan fingerprint density at radius 3 is 2.46 bits per heavy atom. The van der Waals surface area contributed by atoms with Gasteiger partial charge in [-0.05, 0) is 6.92 Å². The standard InChI is InChI=1S/C7H8FN3O2/c1-3-4(8)2-5(11(12)13)7(10)6(3)9/h2H,9-10H2,1H3. The third kappa shape index (κ3) is 1.37. The van der Waals surface area contributed by atoms with Crippen LogP contribution in [0.1, 0.15) is 5.56 Å². The molecular weight excluding hydrogens is 177 g/mol. The summed E-state index contributed by atoms with van der Waals surface area (Å²) in [4.78, 5) is 9.57. The first-order valence-electron chi connectivity index (χ1n) is 3.43. The zero-order valence-electron chi connectivity index (χ0n) is 6.87. The molecular formula is C7H8FN3O2. The Morgan fingerprint density at radius 1 is 1.46 bits per heavy atom. The minimum atomic E-state index is -0.770. The number of nitrogens with zero attached hydrogens (tertiary/aromatic N) is 1. The van der Waals surface area contributed by atoms with E-state index in [4.69, 9.17) is 11.5 Å². The van der Waals surface area contributed by atoms with Gasteiger partial charge in [-0.1, -0.05) is 0 Å². The number of nitro benzene ring substituents is 1. The van der Waals surface area contributed by atoms with E-state index >= 15 is 0 Å². The fraction of sp³-hybridized carbons (Fsp3) is 0.143. The van der Waals surface area contributed by atoms with Gasteiger partial charge in [-0.3, -0.25) is 10.1 Å². The maximum atomic E-state index is 12.9. The highest BCUT2D eigenvalue weighted by molar-refractivity contribution is 5.77. The number of nitrogen functional groups attached to an aromatic ring is 2. The molecule has 0 aromatic heterocycles. The Morgan fingerprint density at radius 2 is 2.00 bits per heavy atom. The monoisotopic (exact) mass is 185 g/mol. The largest absolute Gasteiger partial charge is 0.397 e. The summed E-state index contributed by atoms with van der Waals surface area (Å²) in [5, 5.41) is 10.3. The summed E-state index contributed by atoms with van der Waals surface area (Å²) in [5.41, 5.74) is 10.0. The summed E-state index contributed by atoms with van der Waals surface area (Å²) >= 11 is 0. The molecule has 0 aliphatic carbocycles. The molecule has 1 aromatic rings. The Hall–Kier alpha value is -1.85. The maximum Gasteiger partial charge on any atom is 0.297 e. The molecule has 1 rings (SSSR count). The van der Waals surface area contributed by atoms with Gasteiger partial charge < -0.3 is 11.5 Å².